The first-order valence-corrected chi connectivity index (χ1v) is 7.15. The summed E-state index contributed by atoms with van der Waals surface area (Å²) in [6.45, 7) is 6.31. The fraction of sp³-hybridized carbons (Fsp3) is 1.00. The third kappa shape index (κ3) is 4.54. The molecular weight excluding hydrogens is 214 g/mol. The minimum atomic E-state index is 0.382. The molecule has 0 spiro atoms. The molecule has 0 aromatic carbocycles. The Morgan fingerprint density at radius 3 is 2.71 bits per heavy atom. The molecule has 0 aromatic heterocycles. The average Bonchev–Trinajstić information content (AvgIpc) is 2.38. The lowest BCUT2D eigenvalue weighted by atomic mass is 9.91. The van der Waals surface area contributed by atoms with Crippen molar-refractivity contribution in [2.75, 3.05) is 39.4 Å². The van der Waals surface area contributed by atoms with Crippen molar-refractivity contribution in [3.8, 4) is 0 Å². The Balaban J connectivity index is 1.53. The van der Waals surface area contributed by atoms with Gasteiger partial charge in [-0.2, -0.15) is 0 Å². The number of morpholine rings is 1. The van der Waals surface area contributed by atoms with Crippen LogP contribution in [0, 0.1) is 0 Å². The molecule has 0 bridgehead atoms. The van der Waals surface area contributed by atoms with Gasteiger partial charge in [0, 0.05) is 25.2 Å². The van der Waals surface area contributed by atoms with Crippen LogP contribution in [0.2, 0.25) is 0 Å². The minimum absolute atomic E-state index is 0.382. The number of nitrogens with one attached hydrogen (secondary N) is 1. The minimum Gasteiger partial charge on any atom is -0.379 e. The summed E-state index contributed by atoms with van der Waals surface area (Å²) >= 11 is 0. The van der Waals surface area contributed by atoms with Crippen LogP contribution < -0.4 is 11.1 Å². The molecule has 1 aliphatic heterocycles. The highest BCUT2D eigenvalue weighted by Gasteiger charge is 2.20. The van der Waals surface area contributed by atoms with Gasteiger partial charge in [0.15, 0.2) is 0 Å². The van der Waals surface area contributed by atoms with E-state index >= 15 is 0 Å². The zero-order valence-electron chi connectivity index (χ0n) is 10.9. The Labute approximate surface area is 105 Å². The summed E-state index contributed by atoms with van der Waals surface area (Å²) in [5.74, 6) is 0. The highest BCUT2D eigenvalue weighted by atomic mass is 16.5. The maximum Gasteiger partial charge on any atom is 0.0594 e. The highest BCUT2D eigenvalue weighted by molar-refractivity contribution is 4.83. The van der Waals surface area contributed by atoms with Crippen molar-refractivity contribution in [1.29, 1.82) is 0 Å². The summed E-state index contributed by atoms with van der Waals surface area (Å²) < 4.78 is 5.34. The van der Waals surface area contributed by atoms with Gasteiger partial charge in [0.05, 0.1) is 13.2 Å². The van der Waals surface area contributed by atoms with E-state index in [2.05, 4.69) is 10.2 Å². The van der Waals surface area contributed by atoms with Gasteiger partial charge in [-0.25, -0.2) is 0 Å². The van der Waals surface area contributed by atoms with E-state index in [0.29, 0.717) is 12.1 Å². The summed E-state index contributed by atoms with van der Waals surface area (Å²) in [6, 6.07) is 0.945. The van der Waals surface area contributed by atoms with E-state index in [4.69, 9.17) is 10.5 Å². The number of nitrogens with zero attached hydrogens (tertiary/aromatic N) is 1. The van der Waals surface area contributed by atoms with Gasteiger partial charge in [-0.05, 0) is 32.4 Å². The molecule has 2 aliphatic rings. The number of rotatable bonds is 5. The van der Waals surface area contributed by atoms with E-state index in [0.717, 1.165) is 32.8 Å². The van der Waals surface area contributed by atoms with Crippen LogP contribution >= 0.6 is 0 Å². The maximum absolute atomic E-state index is 6.11. The van der Waals surface area contributed by atoms with E-state index in [1.807, 2.05) is 0 Å². The van der Waals surface area contributed by atoms with E-state index < -0.39 is 0 Å². The second-order valence-corrected chi connectivity index (χ2v) is 5.32. The monoisotopic (exact) mass is 241 g/mol. The standard InChI is InChI=1S/C13H27N3O/c14-12-4-1-2-5-13(12)15-6-3-7-16-8-10-17-11-9-16/h12-13,15H,1-11,14H2/t12-,13+/m0/s1. The lowest BCUT2D eigenvalue weighted by Gasteiger charge is -2.30. The van der Waals surface area contributed by atoms with Gasteiger partial charge < -0.3 is 15.8 Å². The molecule has 0 amide bonds. The second-order valence-electron chi connectivity index (χ2n) is 5.32. The molecule has 0 aromatic rings. The van der Waals surface area contributed by atoms with E-state index in [1.165, 1.54) is 38.6 Å². The Bertz CT molecular complexity index is 207. The summed E-state index contributed by atoms with van der Waals surface area (Å²) in [6.07, 6.45) is 6.34. The molecule has 2 atom stereocenters. The fourth-order valence-electron chi connectivity index (χ4n) is 2.83. The number of hydrogen-bond acceptors (Lipinski definition) is 4. The second kappa shape index (κ2) is 7.31. The van der Waals surface area contributed by atoms with Crippen molar-refractivity contribution in [3.05, 3.63) is 0 Å². The normalized spacial score (nSPS) is 31.6. The first kappa shape index (κ1) is 13.3. The Hall–Kier alpha value is -0.160. The Kier molecular flexibility index (Phi) is 5.71. The van der Waals surface area contributed by atoms with Crippen LogP contribution in [0.4, 0.5) is 0 Å². The maximum atomic E-state index is 6.11. The molecule has 1 saturated heterocycles. The molecule has 1 saturated carbocycles. The molecule has 100 valence electrons. The summed E-state index contributed by atoms with van der Waals surface area (Å²) in [4.78, 5) is 2.49. The molecule has 0 radical (unpaired) electrons. The van der Waals surface area contributed by atoms with Crippen molar-refractivity contribution in [1.82, 2.24) is 10.2 Å². The first-order chi connectivity index (χ1) is 8.36. The Morgan fingerprint density at radius 2 is 1.94 bits per heavy atom. The van der Waals surface area contributed by atoms with Crippen molar-refractivity contribution >= 4 is 0 Å². The van der Waals surface area contributed by atoms with Gasteiger partial charge in [-0.15, -0.1) is 0 Å². The zero-order valence-corrected chi connectivity index (χ0v) is 10.9. The molecule has 17 heavy (non-hydrogen) atoms. The first-order valence-electron chi connectivity index (χ1n) is 7.15. The van der Waals surface area contributed by atoms with Crippen LogP contribution in [0.3, 0.4) is 0 Å². The molecule has 2 fully saturated rings. The van der Waals surface area contributed by atoms with Crippen LogP contribution in [0.25, 0.3) is 0 Å². The van der Waals surface area contributed by atoms with Crippen LogP contribution in [0.15, 0.2) is 0 Å². The van der Waals surface area contributed by atoms with Crippen LogP contribution in [0.1, 0.15) is 32.1 Å². The number of nitrogens with two attached hydrogens (primary N) is 1. The van der Waals surface area contributed by atoms with Crippen LogP contribution in [-0.4, -0.2) is 56.4 Å². The highest BCUT2D eigenvalue weighted by Crippen LogP contribution is 2.16. The summed E-state index contributed by atoms with van der Waals surface area (Å²) in [5.41, 5.74) is 6.11. The van der Waals surface area contributed by atoms with Crippen molar-refractivity contribution in [2.45, 2.75) is 44.2 Å². The van der Waals surface area contributed by atoms with Crippen molar-refractivity contribution in [3.63, 3.8) is 0 Å². The lowest BCUT2D eigenvalue weighted by Crippen LogP contribution is -2.47. The van der Waals surface area contributed by atoms with Crippen molar-refractivity contribution in [2.24, 2.45) is 5.73 Å². The van der Waals surface area contributed by atoms with Gasteiger partial charge in [0.2, 0.25) is 0 Å². The van der Waals surface area contributed by atoms with Gasteiger partial charge in [-0.3, -0.25) is 4.90 Å². The molecule has 2 rings (SSSR count). The summed E-state index contributed by atoms with van der Waals surface area (Å²) in [5, 5.41) is 3.63. The van der Waals surface area contributed by atoms with Crippen LogP contribution in [0.5, 0.6) is 0 Å². The molecular formula is C13H27N3O. The SMILES string of the molecule is N[C@H]1CCCC[C@H]1NCCCN1CCOCC1. The molecule has 1 heterocycles. The molecule has 4 nitrogen and oxygen atoms in total. The van der Waals surface area contributed by atoms with E-state index in [-0.39, 0.29) is 0 Å². The van der Waals surface area contributed by atoms with Gasteiger partial charge in [-0.1, -0.05) is 12.8 Å². The van der Waals surface area contributed by atoms with Gasteiger partial charge >= 0.3 is 0 Å². The fourth-order valence-corrected chi connectivity index (χ4v) is 2.83. The third-order valence-electron chi connectivity index (χ3n) is 3.98. The Morgan fingerprint density at radius 1 is 1.18 bits per heavy atom. The predicted octanol–water partition coefficient (Wildman–Crippen LogP) is 0.568. The third-order valence-corrected chi connectivity index (χ3v) is 3.98. The van der Waals surface area contributed by atoms with Gasteiger partial charge in [0.25, 0.3) is 0 Å². The molecule has 1 aliphatic carbocycles. The van der Waals surface area contributed by atoms with E-state index in [1.54, 1.807) is 0 Å². The molecule has 3 N–H and O–H groups in total. The molecule has 0 unspecified atom stereocenters. The molecule has 4 heteroatoms. The summed E-state index contributed by atoms with van der Waals surface area (Å²) in [7, 11) is 0. The van der Waals surface area contributed by atoms with Crippen LogP contribution in [-0.2, 0) is 4.74 Å². The topological polar surface area (TPSA) is 50.5 Å². The van der Waals surface area contributed by atoms with E-state index in [9.17, 15) is 0 Å². The predicted molar refractivity (Wildman–Crippen MR) is 70.1 cm³/mol. The number of ether oxygens (including phenoxy) is 1. The average molecular weight is 241 g/mol. The lowest BCUT2D eigenvalue weighted by molar-refractivity contribution is 0.0373. The van der Waals surface area contributed by atoms with Crippen molar-refractivity contribution < 1.29 is 4.74 Å². The zero-order chi connectivity index (χ0) is 11.9. The quantitative estimate of drug-likeness (QED) is 0.691. The largest absolute Gasteiger partial charge is 0.379 e. The number of hydrogen-bond donors (Lipinski definition) is 2. The smallest absolute Gasteiger partial charge is 0.0594 e. The van der Waals surface area contributed by atoms with Gasteiger partial charge in [0.1, 0.15) is 0 Å².